The van der Waals surface area contributed by atoms with E-state index in [9.17, 15) is 4.79 Å². The van der Waals surface area contributed by atoms with Gasteiger partial charge in [-0.15, -0.1) is 0 Å². The fourth-order valence-electron chi connectivity index (χ4n) is 2.08. The molecular weight excluding hydrogens is 374 g/mol. The number of rotatable bonds is 1. The summed E-state index contributed by atoms with van der Waals surface area (Å²) in [4.78, 5) is 24.8. The average molecular weight is 383 g/mol. The first-order valence-electron chi connectivity index (χ1n) is 5.85. The van der Waals surface area contributed by atoms with Crippen LogP contribution in [0.5, 0.6) is 0 Å². The molecule has 0 radical (unpaired) electrons. The first-order chi connectivity index (χ1) is 9.15. The third kappa shape index (κ3) is 2.47. The van der Waals surface area contributed by atoms with Crippen LogP contribution in [0.3, 0.4) is 0 Å². The first-order valence-corrected chi connectivity index (χ1v) is 7.44. The highest BCUT2D eigenvalue weighted by Gasteiger charge is 2.20. The van der Waals surface area contributed by atoms with Gasteiger partial charge < -0.3 is 0 Å². The van der Waals surface area contributed by atoms with E-state index in [0.717, 1.165) is 27.5 Å². The molecule has 2 aromatic rings. The van der Waals surface area contributed by atoms with Gasteiger partial charge in [-0.3, -0.25) is 9.78 Å². The van der Waals surface area contributed by atoms with Crippen LogP contribution >= 0.6 is 31.9 Å². The highest BCUT2D eigenvalue weighted by Crippen LogP contribution is 2.27. The van der Waals surface area contributed by atoms with Crippen LogP contribution in [0.1, 0.15) is 28.9 Å². The van der Waals surface area contributed by atoms with Gasteiger partial charge in [0.25, 0.3) is 0 Å². The monoisotopic (exact) mass is 381 g/mol. The summed E-state index contributed by atoms with van der Waals surface area (Å²) in [6, 6.07) is 1.90. The second-order valence-corrected chi connectivity index (χ2v) is 6.08. The topological polar surface area (TPSA) is 55.7 Å². The van der Waals surface area contributed by atoms with Gasteiger partial charge in [0, 0.05) is 27.8 Å². The number of ketones is 1. The lowest BCUT2D eigenvalue weighted by atomic mass is 9.96. The number of nitrogens with zero attached hydrogens (tertiary/aromatic N) is 3. The summed E-state index contributed by atoms with van der Waals surface area (Å²) >= 11 is 6.81. The van der Waals surface area contributed by atoms with Gasteiger partial charge in [-0.05, 0) is 50.8 Å². The molecule has 0 spiro atoms. The first kappa shape index (κ1) is 12.9. The van der Waals surface area contributed by atoms with Gasteiger partial charge in [0.1, 0.15) is 5.69 Å². The Hall–Kier alpha value is -1.14. The van der Waals surface area contributed by atoms with Crippen LogP contribution in [0, 0.1) is 0 Å². The molecule has 19 heavy (non-hydrogen) atoms. The molecule has 2 heterocycles. The number of halogens is 2. The van der Waals surface area contributed by atoms with Crippen LogP contribution in [0.25, 0.3) is 11.5 Å². The number of hydrogen-bond donors (Lipinski definition) is 0. The molecule has 1 aliphatic rings. The predicted octanol–water partition coefficient (Wildman–Crippen LogP) is 3.58. The normalized spacial score (nSPS) is 14.3. The number of pyridine rings is 1. The lowest BCUT2D eigenvalue weighted by Crippen LogP contribution is -2.14. The highest BCUT2D eigenvalue weighted by molar-refractivity contribution is 9.11. The molecule has 0 unspecified atom stereocenters. The molecule has 0 bridgehead atoms. The van der Waals surface area contributed by atoms with Gasteiger partial charge in [0.15, 0.2) is 11.6 Å². The Bertz CT molecular complexity index is 673. The molecule has 0 atom stereocenters. The Labute approximate surface area is 126 Å². The summed E-state index contributed by atoms with van der Waals surface area (Å²) in [6.45, 7) is 0. The summed E-state index contributed by atoms with van der Waals surface area (Å²) in [5.41, 5.74) is 2.17. The van der Waals surface area contributed by atoms with Crippen molar-refractivity contribution in [1.82, 2.24) is 15.0 Å². The molecule has 6 heteroatoms. The minimum Gasteiger partial charge on any atom is -0.294 e. The molecule has 2 aromatic heterocycles. The number of hydrogen-bond acceptors (Lipinski definition) is 4. The molecule has 0 N–H and O–H groups in total. The summed E-state index contributed by atoms with van der Waals surface area (Å²) in [6.07, 6.45) is 5.60. The molecule has 0 aromatic carbocycles. The second-order valence-electron chi connectivity index (χ2n) is 4.31. The Balaban J connectivity index is 2.09. The minimum atomic E-state index is 0.135. The molecule has 0 aliphatic heterocycles. The van der Waals surface area contributed by atoms with E-state index in [-0.39, 0.29) is 5.78 Å². The van der Waals surface area contributed by atoms with Crippen LogP contribution in [0.4, 0.5) is 0 Å². The summed E-state index contributed by atoms with van der Waals surface area (Å²) in [7, 11) is 0. The van der Waals surface area contributed by atoms with Crippen molar-refractivity contribution in [2.75, 3.05) is 0 Å². The number of fused-ring (bicyclic) bond motifs is 1. The molecule has 0 saturated heterocycles. The Morgan fingerprint density at radius 3 is 2.74 bits per heavy atom. The third-order valence-electron chi connectivity index (χ3n) is 3.01. The van der Waals surface area contributed by atoms with Crippen LogP contribution < -0.4 is 0 Å². The average Bonchev–Trinajstić information content (AvgIpc) is 2.38. The third-order valence-corrected chi connectivity index (χ3v) is 4.04. The summed E-state index contributed by atoms with van der Waals surface area (Å²) < 4.78 is 1.71. The van der Waals surface area contributed by atoms with Crippen LogP contribution in [0.2, 0.25) is 0 Å². The number of aryl methyl sites for hydroxylation is 1. The molecule has 0 fully saturated rings. The number of Topliss-reactive ketones (excluding diaryl/α,β-unsaturated/α-hetero) is 1. The molecule has 1 aliphatic carbocycles. The van der Waals surface area contributed by atoms with E-state index in [1.165, 1.54) is 0 Å². The SMILES string of the molecule is O=C1CCCc2nc(-c3ncc(Br)cc3Br)ncc21. The summed E-state index contributed by atoms with van der Waals surface area (Å²) in [5, 5.41) is 0. The summed E-state index contributed by atoms with van der Waals surface area (Å²) in [5.74, 6) is 0.684. The molecule has 3 rings (SSSR count). The van der Waals surface area contributed by atoms with Crippen LogP contribution in [0.15, 0.2) is 27.4 Å². The maximum atomic E-state index is 11.7. The van der Waals surface area contributed by atoms with Crippen molar-refractivity contribution in [3.05, 3.63) is 38.7 Å². The highest BCUT2D eigenvalue weighted by atomic mass is 79.9. The second kappa shape index (κ2) is 5.09. The van der Waals surface area contributed by atoms with E-state index in [4.69, 9.17) is 0 Å². The van der Waals surface area contributed by atoms with Crippen LogP contribution in [-0.4, -0.2) is 20.7 Å². The Kier molecular flexibility index (Phi) is 3.45. The van der Waals surface area contributed by atoms with Crippen molar-refractivity contribution < 1.29 is 4.79 Å². The smallest absolute Gasteiger partial charge is 0.179 e. The van der Waals surface area contributed by atoms with Crippen molar-refractivity contribution >= 4 is 37.6 Å². The van der Waals surface area contributed by atoms with Crippen molar-refractivity contribution in [2.45, 2.75) is 19.3 Å². The predicted molar refractivity (Wildman–Crippen MR) is 77.9 cm³/mol. The van der Waals surface area contributed by atoms with Gasteiger partial charge in [-0.2, -0.15) is 0 Å². The number of carbonyl (C=O) groups is 1. The van der Waals surface area contributed by atoms with E-state index in [1.807, 2.05) is 6.07 Å². The molecule has 96 valence electrons. The van der Waals surface area contributed by atoms with E-state index in [2.05, 4.69) is 46.8 Å². The van der Waals surface area contributed by atoms with Gasteiger partial charge in [0.2, 0.25) is 0 Å². The molecule has 0 amide bonds. The van der Waals surface area contributed by atoms with E-state index < -0.39 is 0 Å². The standard InChI is InChI=1S/C13H9Br2N3O/c14-7-4-9(15)12(16-5-7)13-17-6-8-10(18-13)2-1-3-11(8)19/h4-6H,1-3H2. The zero-order valence-electron chi connectivity index (χ0n) is 9.86. The van der Waals surface area contributed by atoms with Crippen LogP contribution in [-0.2, 0) is 6.42 Å². The molecule has 0 saturated carbocycles. The van der Waals surface area contributed by atoms with Crippen molar-refractivity contribution in [1.29, 1.82) is 0 Å². The van der Waals surface area contributed by atoms with Gasteiger partial charge >= 0.3 is 0 Å². The largest absolute Gasteiger partial charge is 0.294 e. The van der Waals surface area contributed by atoms with E-state index in [1.54, 1.807) is 12.4 Å². The number of aromatic nitrogens is 3. The zero-order valence-corrected chi connectivity index (χ0v) is 13.0. The van der Waals surface area contributed by atoms with Crippen molar-refractivity contribution in [3.63, 3.8) is 0 Å². The van der Waals surface area contributed by atoms with Crippen molar-refractivity contribution in [3.8, 4) is 11.5 Å². The van der Waals surface area contributed by atoms with Gasteiger partial charge in [0.05, 0.1) is 11.3 Å². The fraction of sp³-hybridized carbons (Fsp3) is 0.231. The Morgan fingerprint density at radius 1 is 1.11 bits per heavy atom. The molecule has 4 nitrogen and oxygen atoms in total. The van der Waals surface area contributed by atoms with E-state index in [0.29, 0.717) is 23.5 Å². The zero-order chi connectivity index (χ0) is 13.4. The fourth-order valence-corrected chi connectivity index (χ4v) is 3.25. The number of carbonyl (C=O) groups excluding carboxylic acids is 1. The Morgan fingerprint density at radius 2 is 1.95 bits per heavy atom. The van der Waals surface area contributed by atoms with E-state index >= 15 is 0 Å². The van der Waals surface area contributed by atoms with Crippen molar-refractivity contribution in [2.24, 2.45) is 0 Å². The van der Waals surface area contributed by atoms with Gasteiger partial charge in [-0.25, -0.2) is 9.97 Å². The maximum Gasteiger partial charge on any atom is 0.179 e. The minimum absolute atomic E-state index is 0.135. The maximum absolute atomic E-state index is 11.7. The lowest BCUT2D eigenvalue weighted by Gasteiger charge is -2.13. The molecular formula is C13H9Br2N3O. The lowest BCUT2D eigenvalue weighted by molar-refractivity contribution is 0.0971. The quantitative estimate of drug-likeness (QED) is 0.756. The van der Waals surface area contributed by atoms with Gasteiger partial charge in [-0.1, -0.05) is 0 Å².